The molecule has 0 radical (unpaired) electrons. The Morgan fingerprint density at radius 1 is 0.632 bits per heavy atom. The van der Waals surface area contributed by atoms with Crippen LogP contribution in [0.2, 0.25) is 0 Å². The topological polar surface area (TPSA) is 243 Å². The van der Waals surface area contributed by atoms with Crippen molar-refractivity contribution in [1.29, 1.82) is 0 Å². The summed E-state index contributed by atoms with van der Waals surface area (Å²) in [6.45, 7) is 12.0. The van der Waals surface area contributed by atoms with Crippen molar-refractivity contribution in [2.75, 3.05) is 5.32 Å². The molecular formula is C40H39N8O8W-. The van der Waals surface area contributed by atoms with Crippen LogP contribution in [0.5, 0.6) is 0 Å². The fourth-order valence-electron chi connectivity index (χ4n) is 4.80. The summed E-state index contributed by atoms with van der Waals surface area (Å²) in [5.41, 5.74) is 8.75. The van der Waals surface area contributed by atoms with Crippen LogP contribution in [-0.2, 0) is 53.1 Å². The molecule has 0 amide bonds. The minimum absolute atomic E-state index is 0. The predicted molar refractivity (Wildman–Crippen MR) is 203 cm³/mol. The molecule has 1 heterocycles. The molecule has 57 heavy (non-hydrogen) atoms. The fraction of sp³-hybridized carbons (Fsp3) is 0.200. The van der Waals surface area contributed by atoms with Gasteiger partial charge >= 0.3 is 24.2 Å². The van der Waals surface area contributed by atoms with Gasteiger partial charge in [-0.25, -0.2) is 19.6 Å². The van der Waals surface area contributed by atoms with E-state index in [1.54, 1.807) is 0 Å². The number of nitrogens with zero attached hydrogens (tertiary/aromatic N) is 7. The molecule has 0 aliphatic carbocycles. The van der Waals surface area contributed by atoms with Crippen LogP contribution in [0.4, 0.5) is 28.7 Å². The van der Waals surface area contributed by atoms with Crippen molar-refractivity contribution in [2.45, 2.75) is 54.4 Å². The van der Waals surface area contributed by atoms with Gasteiger partial charge in [-0.15, -0.1) is 0 Å². The molecule has 17 heteroatoms. The van der Waals surface area contributed by atoms with Gasteiger partial charge in [0, 0.05) is 33.9 Å². The van der Waals surface area contributed by atoms with Gasteiger partial charge in [0.1, 0.15) is 11.6 Å². The van der Waals surface area contributed by atoms with Gasteiger partial charge in [-0.05, 0) is 110 Å². The first-order valence-electron chi connectivity index (χ1n) is 16.6. The third-order valence-electron chi connectivity index (χ3n) is 7.73. The van der Waals surface area contributed by atoms with Crippen molar-refractivity contribution < 1.29 is 60.0 Å². The summed E-state index contributed by atoms with van der Waals surface area (Å²) in [4.78, 5) is 67.9. The molecule has 0 spiro atoms. The second-order valence-electron chi connectivity index (χ2n) is 11.8. The number of carbonyl (C=O) groups excluding carboxylic acids is 4. The van der Waals surface area contributed by atoms with Gasteiger partial charge < -0.3 is 15.5 Å². The standard InChI is InChI=1S/C21H23N6.C17H16N2O4.2CO2.W/c1-5-19-23-20(25-21(22-4)24-19)13-16-11-15(3)18(12-14(16)2)27-26-17-9-7-6-8-10-17;1-9-4-11(3)15(5-10(9)2)19-18-14-7-12(16(20)21)6-13(8-14)17(22)23;2*2-1-3;/h6-12H,4-5,13H2,1-3H3,(H,22,23,24,25);4-8H,1-3H3,(H,20,21)(H,22,23);;;/q-1;;;;. The van der Waals surface area contributed by atoms with Crippen LogP contribution in [0.15, 0.2) is 93.3 Å². The number of anilines is 1. The summed E-state index contributed by atoms with van der Waals surface area (Å²) in [5.74, 6) is -0.443. The van der Waals surface area contributed by atoms with Gasteiger partial charge in [0.15, 0.2) is 5.95 Å². The normalized spacial score (nSPS) is 9.95. The minimum Gasteiger partial charge on any atom is -0.506 e. The van der Waals surface area contributed by atoms with E-state index < -0.39 is 11.9 Å². The van der Waals surface area contributed by atoms with E-state index in [1.165, 1.54) is 12.1 Å². The van der Waals surface area contributed by atoms with Gasteiger partial charge in [0.05, 0.1) is 33.9 Å². The maximum Gasteiger partial charge on any atom is 0.373 e. The molecule has 3 N–H and O–H groups in total. The average molecular weight is 944 g/mol. The smallest absolute Gasteiger partial charge is 0.373 e. The molecule has 0 fully saturated rings. The Kier molecular flexibility index (Phi) is 20.9. The van der Waals surface area contributed by atoms with E-state index in [0.717, 1.165) is 68.9 Å². The van der Waals surface area contributed by atoms with E-state index in [9.17, 15) is 9.59 Å². The molecule has 0 unspecified atom stereocenters. The summed E-state index contributed by atoms with van der Waals surface area (Å²) in [5, 5.41) is 37.7. The van der Waals surface area contributed by atoms with E-state index in [2.05, 4.69) is 66.8 Å². The van der Waals surface area contributed by atoms with Gasteiger partial charge in [0.25, 0.3) is 0 Å². The van der Waals surface area contributed by atoms with Crippen LogP contribution >= 0.6 is 0 Å². The first-order valence-corrected chi connectivity index (χ1v) is 16.6. The van der Waals surface area contributed by atoms with Gasteiger partial charge in [0.2, 0.25) is 0 Å². The van der Waals surface area contributed by atoms with Gasteiger partial charge in [-0.1, -0.05) is 37.3 Å². The molecule has 0 atom stereocenters. The molecule has 5 aromatic rings. The quantitative estimate of drug-likeness (QED) is 0.0881. The first kappa shape index (κ1) is 48.3. The number of nitrogens with one attached hydrogen (secondary N) is 1. The Bertz CT molecular complexity index is 2220. The summed E-state index contributed by atoms with van der Waals surface area (Å²) in [6, 6.07) is 21.4. The van der Waals surface area contributed by atoms with Crippen molar-refractivity contribution in [1.82, 2.24) is 15.0 Å². The van der Waals surface area contributed by atoms with E-state index in [4.69, 9.17) is 29.4 Å². The molecule has 1 aromatic heterocycles. The van der Waals surface area contributed by atoms with Crippen LogP contribution in [-0.4, -0.2) is 49.4 Å². The number of aromatic nitrogens is 3. The SMILES string of the molecule is Cc1cc(C)c(N=Nc2cc(C(=O)O)cc(C(=O)O)c2)cc1C.O=C=O.O=C=O.[CH2-]Nc1nc(CC)nc(Cc2cc(C)c(N=Nc3ccccc3)cc2C)n1.[W]. The van der Waals surface area contributed by atoms with Crippen molar-refractivity contribution in [3.8, 4) is 0 Å². The fourth-order valence-corrected chi connectivity index (χ4v) is 4.80. The molecule has 16 nitrogen and oxygen atoms in total. The molecule has 0 aliphatic heterocycles. The Morgan fingerprint density at radius 3 is 1.61 bits per heavy atom. The van der Waals surface area contributed by atoms with Crippen LogP contribution < -0.4 is 5.32 Å². The van der Waals surface area contributed by atoms with Crippen LogP contribution in [0.1, 0.15) is 72.7 Å². The second kappa shape index (κ2) is 24.6. The van der Waals surface area contributed by atoms with E-state index >= 15 is 0 Å². The maximum atomic E-state index is 11.1. The number of rotatable bonds is 10. The number of azo groups is 2. The number of hydrogen-bond acceptors (Lipinski definition) is 14. The Labute approximate surface area is 342 Å². The molecular weight excluding hydrogens is 904 g/mol. The summed E-state index contributed by atoms with van der Waals surface area (Å²) < 4.78 is 0. The van der Waals surface area contributed by atoms with Crippen molar-refractivity contribution >= 4 is 52.9 Å². The second-order valence-corrected chi connectivity index (χ2v) is 11.8. The van der Waals surface area contributed by atoms with Crippen LogP contribution in [0.25, 0.3) is 0 Å². The zero-order valence-corrected chi connectivity index (χ0v) is 34.9. The Balaban J connectivity index is 0.000000498. The number of hydrogen-bond donors (Lipinski definition) is 3. The molecule has 0 bridgehead atoms. The number of aryl methyl sites for hydroxylation is 6. The summed E-state index contributed by atoms with van der Waals surface area (Å²) in [7, 11) is 3.64. The number of carboxylic acids is 2. The molecule has 294 valence electrons. The van der Waals surface area contributed by atoms with Crippen molar-refractivity contribution in [3.63, 3.8) is 0 Å². The van der Waals surface area contributed by atoms with E-state index in [1.807, 2.05) is 77.1 Å². The third-order valence-corrected chi connectivity index (χ3v) is 7.73. The largest absolute Gasteiger partial charge is 0.506 e. The molecule has 4 aromatic carbocycles. The van der Waals surface area contributed by atoms with Crippen LogP contribution in [0, 0.1) is 41.7 Å². The van der Waals surface area contributed by atoms with Crippen molar-refractivity contribution in [2.24, 2.45) is 20.5 Å². The Morgan fingerprint density at radius 2 is 1.11 bits per heavy atom. The molecule has 0 saturated carbocycles. The number of carboxylic acid groups (broad SMARTS) is 2. The predicted octanol–water partition coefficient (Wildman–Crippen LogP) is 8.51. The third kappa shape index (κ3) is 15.9. The van der Waals surface area contributed by atoms with Crippen LogP contribution in [0.3, 0.4) is 0 Å². The number of benzene rings is 4. The van der Waals surface area contributed by atoms with Gasteiger partial charge in [-0.2, -0.15) is 44.6 Å². The van der Waals surface area contributed by atoms with Crippen molar-refractivity contribution in [3.05, 3.63) is 136 Å². The molecule has 5 rings (SSSR count). The summed E-state index contributed by atoms with van der Waals surface area (Å²) in [6.07, 6.45) is 1.88. The summed E-state index contributed by atoms with van der Waals surface area (Å²) >= 11 is 0. The van der Waals surface area contributed by atoms with Gasteiger partial charge in [-0.3, -0.25) is 7.05 Å². The molecule has 0 saturated heterocycles. The van der Waals surface area contributed by atoms with E-state index in [-0.39, 0.29) is 50.2 Å². The van der Waals surface area contributed by atoms with E-state index in [0.29, 0.717) is 18.1 Å². The maximum absolute atomic E-state index is 11.1. The zero-order chi connectivity index (χ0) is 41.8. The average Bonchev–Trinajstić information content (AvgIpc) is 3.17. The first-order chi connectivity index (χ1) is 26.7. The molecule has 0 aliphatic rings. The zero-order valence-electron chi connectivity index (χ0n) is 31.9. The monoisotopic (exact) mass is 943 g/mol. The minimum atomic E-state index is -1.22. The number of carbonyl (C=O) groups is 2. The Hall–Kier alpha value is -6.72. The number of aromatic carboxylic acids is 2.